The average Bonchev–Trinajstić information content (AvgIpc) is 2.64. The number of nitrogens with one attached hydrogen (secondary N) is 1. The molecule has 0 saturated carbocycles. The molecule has 0 aliphatic carbocycles. The Kier molecular flexibility index (Phi) is 5.36. The van der Waals surface area contributed by atoms with Gasteiger partial charge in [0, 0.05) is 18.8 Å². The fraction of sp³-hybridized carbons (Fsp3) is 0.769. The van der Waals surface area contributed by atoms with E-state index >= 15 is 0 Å². The molecule has 92 valence electrons. The minimum atomic E-state index is 0.542. The van der Waals surface area contributed by atoms with Crippen LogP contribution >= 0.6 is 0 Å². The summed E-state index contributed by atoms with van der Waals surface area (Å²) in [5.74, 6) is 1.03. The van der Waals surface area contributed by atoms with Crippen LogP contribution in [0.5, 0.6) is 0 Å². The molecule has 1 rings (SSSR count). The molecule has 1 atom stereocenters. The minimum absolute atomic E-state index is 0.542. The number of nitrogens with zero attached hydrogens (tertiary/aromatic N) is 2. The number of aromatic nitrogens is 2. The molecule has 0 aliphatic rings. The van der Waals surface area contributed by atoms with Gasteiger partial charge in [0.2, 0.25) is 5.95 Å². The van der Waals surface area contributed by atoms with Gasteiger partial charge in [-0.1, -0.05) is 26.7 Å². The zero-order valence-electron chi connectivity index (χ0n) is 11.1. The topological polar surface area (TPSA) is 29.9 Å². The van der Waals surface area contributed by atoms with Crippen LogP contribution in [0.2, 0.25) is 0 Å². The molecular weight excluding hydrogens is 198 g/mol. The monoisotopic (exact) mass is 223 g/mol. The smallest absolute Gasteiger partial charge is 0.203 e. The van der Waals surface area contributed by atoms with E-state index in [1.807, 2.05) is 0 Å². The van der Waals surface area contributed by atoms with Crippen LogP contribution in [0.15, 0.2) is 6.20 Å². The highest BCUT2D eigenvalue weighted by atomic mass is 15.2. The van der Waals surface area contributed by atoms with Crippen molar-refractivity contribution >= 4 is 5.95 Å². The lowest BCUT2D eigenvalue weighted by atomic mass is 10.1. The Hall–Kier alpha value is -0.990. The molecule has 16 heavy (non-hydrogen) atoms. The second-order valence-corrected chi connectivity index (χ2v) is 4.53. The molecule has 0 radical (unpaired) electrons. The molecule has 0 bridgehead atoms. The van der Waals surface area contributed by atoms with Crippen molar-refractivity contribution < 1.29 is 0 Å². The summed E-state index contributed by atoms with van der Waals surface area (Å²) in [6, 6.07) is 0.542. The van der Waals surface area contributed by atoms with E-state index in [0.717, 1.165) is 24.6 Å². The van der Waals surface area contributed by atoms with Crippen LogP contribution in [0.3, 0.4) is 0 Å². The summed E-state index contributed by atoms with van der Waals surface area (Å²) in [4.78, 5) is 4.53. The quantitative estimate of drug-likeness (QED) is 0.762. The third-order valence-electron chi connectivity index (χ3n) is 2.84. The molecule has 1 aromatic rings. The summed E-state index contributed by atoms with van der Waals surface area (Å²) in [6.07, 6.45) is 7.06. The van der Waals surface area contributed by atoms with Crippen molar-refractivity contribution in [3.05, 3.63) is 11.9 Å². The van der Waals surface area contributed by atoms with E-state index < -0.39 is 0 Å². The van der Waals surface area contributed by atoms with Crippen LogP contribution < -0.4 is 5.32 Å². The van der Waals surface area contributed by atoms with E-state index in [0.29, 0.717) is 6.04 Å². The fourth-order valence-electron chi connectivity index (χ4n) is 1.86. The minimum Gasteiger partial charge on any atom is -0.356 e. The van der Waals surface area contributed by atoms with Gasteiger partial charge in [-0.05, 0) is 26.7 Å². The van der Waals surface area contributed by atoms with Crippen molar-refractivity contribution in [2.24, 2.45) is 0 Å². The van der Waals surface area contributed by atoms with E-state index in [1.165, 1.54) is 19.3 Å². The van der Waals surface area contributed by atoms with Gasteiger partial charge in [-0.3, -0.25) is 0 Å². The van der Waals surface area contributed by atoms with Crippen molar-refractivity contribution in [2.75, 3.05) is 11.9 Å². The third kappa shape index (κ3) is 3.54. The number of anilines is 1. The predicted octanol–water partition coefficient (Wildman–Crippen LogP) is 3.76. The molecule has 1 aromatic heterocycles. The van der Waals surface area contributed by atoms with Crippen LogP contribution in [0.25, 0.3) is 0 Å². The van der Waals surface area contributed by atoms with Crippen molar-refractivity contribution in [1.82, 2.24) is 9.55 Å². The van der Waals surface area contributed by atoms with Gasteiger partial charge in [0.1, 0.15) is 0 Å². The number of hydrogen-bond donors (Lipinski definition) is 1. The maximum atomic E-state index is 4.53. The molecular formula is C13H25N3. The maximum Gasteiger partial charge on any atom is 0.203 e. The SMILES string of the molecule is CCCCC(C)n1cc(C)nc1NCCC. The predicted molar refractivity (Wildman–Crippen MR) is 70.0 cm³/mol. The Morgan fingerprint density at radius 3 is 2.75 bits per heavy atom. The summed E-state index contributed by atoms with van der Waals surface area (Å²) < 4.78 is 2.28. The Labute approximate surface area is 99.3 Å². The highest BCUT2D eigenvalue weighted by molar-refractivity contribution is 5.29. The summed E-state index contributed by atoms with van der Waals surface area (Å²) in [5.41, 5.74) is 1.10. The summed E-state index contributed by atoms with van der Waals surface area (Å²) in [5, 5.41) is 3.39. The summed E-state index contributed by atoms with van der Waals surface area (Å²) in [6.45, 7) is 9.74. The third-order valence-corrected chi connectivity index (χ3v) is 2.84. The van der Waals surface area contributed by atoms with Crippen LogP contribution in [-0.4, -0.2) is 16.1 Å². The molecule has 1 unspecified atom stereocenters. The van der Waals surface area contributed by atoms with Crippen molar-refractivity contribution in [1.29, 1.82) is 0 Å². The standard InChI is InChI=1S/C13H25N3/c1-5-7-8-12(4)16-10-11(3)15-13(16)14-9-6-2/h10,12H,5-9H2,1-4H3,(H,14,15). The zero-order chi connectivity index (χ0) is 12.0. The Bertz CT molecular complexity index is 304. The molecule has 0 aromatic carbocycles. The first-order valence-electron chi connectivity index (χ1n) is 6.48. The van der Waals surface area contributed by atoms with E-state index in [4.69, 9.17) is 0 Å². The van der Waals surface area contributed by atoms with Crippen LogP contribution in [0, 0.1) is 6.92 Å². The van der Waals surface area contributed by atoms with Crippen molar-refractivity contribution in [3.63, 3.8) is 0 Å². The molecule has 0 spiro atoms. The first-order valence-corrected chi connectivity index (χ1v) is 6.48. The van der Waals surface area contributed by atoms with Gasteiger partial charge in [-0.15, -0.1) is 0 Å². The average molecular weight is 223 g/mol. The van der Waals surface area contributed by atoms with Gasteiger partial charge in [0.05, 0.1) is 5.69 Å². The molecule has 0 aliphatic heterocycles. The number of aryl methyl sites for hydroxylation is 1. The van der Waals surface area contributed by atoms with Crippen LogP contribution in [0.1, 0.15) is 58.2 Å². The van der Waals surface area contributed by atoms with Gasteiger partial charge in [-0.25, -0.2) is 4.98 Å². The van der Waals surface area contributed by atoms with Crippen LogP contribution in [-0.2, 0) is 0 Å². The highest BCUT2D eigenvalue weighted by Crippen LogP contribution is 2.20. The first-order chi connectivity index (χ1) is 7.69. The Morgan fingerprint density at radius 2 is 2.12 bits per heavy atom. The lowest BCUT2D eigenvalue weighted by Gasteiger charge is -2.16. The molecule has 3 heteroatoms. The summed E-state index contributed by atoms with van der Waals surface area (Å²) >= 11 is 0. The van der Waals surface area contributed by atoms with Crippen LogP contribution in [0.4, 0.5) is 5.95 Å². The Morgan fingerprint density at radius 1 is 1.38 bits per heavy atom. The molecule has 3 nitrogen and oxygen atoms in total. The van der Waals surface area contributed by atoms with E-state index in [2.05, 4.69) is 48.8 Å². The van der Waals surface area contributed by atoms with Gasteiger partial charge >= 0.3 is 0 Å². The first kappa shape index (κ1) is 13.1. The fourth-order valence-corrected chi connectivity index (χ4v) is 1.86. The van der Waals surface area contributed by atoms with Gasteiger partial charge in [-0.2, -0.15) is 0 Å². The molecule has 1 N–H and O–H groups in total. The van der Waals surface area contributed by atoms with E-state index in [9.17, 15) is 0 Å². The van der Waals surface area contributed by atoms with Crippen molar-refractivity contribution in [2.45, 2.75) is 59.4 Å². The number of imidazole rings is 1. The van der Waals surface area contributed by atoms with Crippen molar-refractivity contribution in [3.8, 4) is 0 Å². The lowest BCUT2D eigenvalue weighted by Crippen LogP contribution is -2.11. The molecule has 0 amide bonds. The maximum absolute atomic E-state index is 4.53. The highest BCUT2D eigenvalue weighted by Gasteiger charge is 2.10. The second kappa shape index (κ2) is 6.56. The largest absolute Gasteiger partial charge is 0.356 e. The number of hydrogen-bond acceptors (Lipinski definition) is 2. The van der Waals surface area contributed by atoms with E-state index in [1.54, 1.807) is 0 Å². The molecule has 0 saturated heterocycles. The normalized spacial score (nSPS) is 12.8. The molecule has 0 fully saturated rings. The number of unbranched alkanes of at least 4 members (excludes halogenated alkanes) is 1. The zero-order valence-corrected chi connectivity index (χ0v) is 11.1. The molecule has 1 heterocycles. The number of rotatable bonds is 7. The van der Waals surface area contributed by atoms with Gasteiger partial charge in [0.15, 0.2) is 0 Å². The lowest BCUT2D eigenvalue weighted by molar-refractivity contribution is 0.488. The van der Waals surface area contributed by atoms with Gasteiger partial charge in [0.25, 0.3) is 0 Å². The van der Waals surface area contributed by atoms with E-state index in [-0.39, 0.29) is 0 Å². The Balaban J connectivity index is 2.68. The second-order valence-electron chi connectivity index (χ2n) is 4.53. The summed E-state index contributed by atoms with van der Waals surface area (Å²) in [7, 11) is 0. The van der Waals surface area contributed by atoms with Gasteiger partial charge < -0.3 is 9.88 Å².